The van der Waals surface area contributed by atoms with Crippen LogP contribution in [0.5, 0.6) is 0 Å². The van der Waals surface area contributed by atoms with Crippen molar-refractivity contribution in [3.05, 3.63) is 42.5 Å². The fourth-order valence-electron chi connectivity index (χ4n) is 1.33. The second kappa shape index (κ2) is 6.02. The van der Waals surface area contributed by atoms with Crippen LogP contribution in [-0.4, -0.2) is 5.91 Å². The van der Waals surface area contributed by atoms with Crippen LogP contribution in [0, 0.1) is 0 Å². The van der Waals surface area contributed by atoms with Gasteiger partial charge in [-0.1, -0.05) is 32.1 Å². The van der Waals surface area contributed by atoms with Crippen molar-refractivity contribution in [3.63, 3.8) is 0 Å². The van der Waals surface area contributed by atoms with E-state index in [9.17, 15) is 4.79 Å². The van der Waals surface area contributed by atoms with Gasteiger partial charge in [-0.25, -0.2) is 0 Å². The van der Waals surface area contributed by atoms with Crippen LogP contribution in [0.25, 0.3) is 0 Å². The van der Waals surface area contributed by atoms with Gasteiger partial charge in [-0.2, -0.15) is 0 Å². The molecule has 0 aliphatic rings. The van der Waals surface area contributed by atoms with E-state index in [4.69, 9.17) is 0 Å². The molecular weight excluding hydrogens is 186 g/mol. The molecule has 1 amide bonds. The van der Waals surface area contributed by atoms with E-state index in [1.165, 1.54) is 24.5 Å². The van der Waals surface area contributed by atoms with E-state index in [0.717, 1.165) is 12.1 Å². The van der Waals surface area contributed by atoms with Gasteiger partial charge in [0, 0.05) is 5.69 Å². The van der Waals surface area contributed by atoms with Crippen molar-refractivity contribution in [1.29, 1.82) is 0 Å². The summed E-state index contributed by atoms with van der Waals surface area (Å²) in [6.45, 7) is 5.58. The lowest BCUT2D eigenvalue weighted by molar-refractivity contribution is -0.111. The Bertz CT molecular complexity index is 327. The predicted octanol–water partition coefficient (Wildman–Crippen LogP) is 3.15. The summed E-state index contributed by atoms with van der Waals surface area (Å²) in [5, 5.41) is 2.72. The zero-order valence-electron chi connectivity index (χ0n) is 9.12. The highest BCUT2D eigenvalue weighted by Crippen LogP contribution is 2.11. The highest BCUT2D eigenvalue weighted by molar-refractivity contribution is 5.98. The molecule has 0 aliphatic carbocycles. The first-order chi connectivity index (χ1) is 7.26. The molecule has 0 heterocycles. The molecule has 0 fully saturated rings. The molecule has 0 aromatic heterocycles. The van der Waals surface area contributed by atoms with Crippen LogP contribution in [0.1, 0.15) is 25.3 Å². The van der Waals surface area contributed by atoms with E-state index in [2.05, 4.69) is 18.8 Å². The van der Waals surface area contributed by atoms with E-state index in [1.54, 1.807) is 0 Å². The minimum Gasteiger partial charge on any atom is -0.323 e. The van der Waals surface area contributed by atoms with Gasteiger partial charge in [0.1, 0.15) is 0 Å². The second-order valence-corrected chi connectivity index (χ2v) is 3.49. The molecule has 0 aliphatic heterocycles. The predicted molar refractivity (Wildman–Crippen MR) is 63.9 cm³/mol. The van der Waals surface area contributed by atoms with Crippen molar-refractivity contribution in [3.8, 4) is 0 Å². The molecule has 1 aromatic rings. The Hall–Kier alpha value is -1.57. The Balaban J connectivity index is 2.55. The largest absolute Gasteiger partial charge is 0.323 e. The Morgan fingerprint density at radius 3 is 2.60 bits per heavy atom. The summed E-state index contributed by atoms with van der Waals surface area (Å²) in [7, 11) is 0. The summed E-state index contributed by atoms with van der Waals surface area (Å²) in [5.74, 6) is -0.170. The van der Waals surface area contributed by atoms with Crippen LogP contribution < -0.4 is 5.32 Å². The van der Waals surface area contributed by atoms with Crippen LogP contribution in [0.15, 0.2) is 36.9 Å². The lowest BCUT2D eigenvalue weighted by Gasteiger charge is -2.04. The van der Waals surface area contributed by atoms with Crippen molar-refractivity contribution in [1.82, 2.24) is 0 Å². The number of carbonyl (C=O) groups is 1. The normalized spacial score (nSPS) is 9.67. The topological polar surface area (TPSA) is 29.1 Å². The third-order valence-corrected chi connectivity index (χ3v) is 2.23. The molecular formula is C13H17NO. The number of unbranched alkanes of at least 4 members (excludes halogenated alkanes) is 1. The van der Waals surface area contributed by atoms with E-state index in [1.807, 2.05) is 24.3 Å². The standard InChI is InChI=1S/C13H17NO/c1-3-5-6-11-7-9-12(10-8-11)14-13(15)4-2/h4,7-10H,2-3,5-6H2,1H3,(H,14,15). The highest BCUT2D eigenvalue weighted by Gasteiger charge is 1.97. The number of nitrogens with one attached hydrogen (secondary N) is 1. The number of carbonyl (C=O) groups excluding carboxylic acids is 1. The molecule has 0 bridgehead atoms. The van der Waals surface area contributed by atoms with Gasteiger partial charge in [0.2, 0.25) is 5.91 Å². The van der Waals surface area contributed by atoms with Crippen molar-refractivity contribution < 1.29 is 4.79 Å². The average molecular weight is 203 g/mol. The molecule has 0 saturated carbocycles. The second-order valence-electron chi connectivity index (χ2n) is 3.49. The number of hydrogen-bond donors (Lipinski definition) is 1. The molecule has 0 spiro atoms. The number of amides is 1. The molecule has 1 aromatic carbocycles. The van der Waals surface area contributed by atoms with Crippen LogP contribution in [0.2, 0.25) is 0 Å². The van der Waals surface area contributed by atoms with Gasteiger partial charge in [-0.05, 0) is 36.6 Å². The maximum absolute atomic E-state index is 11.0. The Kier molecular flexibility index (Phi) is 4.61. The zero-order chi connectivity index (χ0) is 11.1. The molecule has 0 atom stereocenters. The zero-order valence-corrected chi connectivity index (χ0v) is 9.12. The first kappa shape index (κ1) is 11.5. The number of aryl methyl sites for hydroxylation is 1. The fraction of sp³-hybridized carbons (Fsp3) is 0.308. The van der Waals surface area contributed by atoms with E-state index >= 15 is 0 Å². The summed E-state index contributed by atoms with van der Waals surface area (Å²) in [5.41, 5.74) is 2.13. The quantitative estimate of drug-likeness (QED) is 0.732. The van der Waals surface area contributed by atoms with Gasteiger partial charge in [0.05, 0.1) is 0 Å². The number of rotatable bonds is 5. The highest BCUT2D eigenvalue weighted by atomic mass is 16.1. The van der Waals surface area contributed by atoms with Gasteiger partial charge >= 0.3 is 0 Å². The molecule has 1 N–H and O–H groups in total. The molecule has 0 saturated heterocycles. The van der Waals surface area contributed by atoms with Gasteiger partial charge in [0.25, 0.3) is 0 Å². The van der Waals surface area contributed by atoms with Gasteiger partial charge in [-0.15, -0.1) is 0 Å². The molecule has 2 heteroatoms. The van der Waals surface area contributed by atoms with Crippen molar-refractivity contribution >= 4 is 11.6 Å². The van der Waals surface area contributed by atoms with Crippen LogP contribution in [-0.2, 0) is 11.2 Å². The molecule has 0 radical (unpaired) electrons. The number of benzene rings is 1. The first-order valence-electron chi connectivity index (χ1n) is 5.28. The van der Waals surface area contributed by atoms with Gasteiger partial charge in [0.15, 0.2) is 0 Å². The smallest absolute Gasteiger partial charge is 0.247 e. The number of hydrogen-bond acceptors (Lipinski definition) is 1. The Labute approximate surface area is 91.0 Å². The summed E-state index contributed by atoms with van der Waals surface area (Å²) >= 11 is 0. The van der Waals surface area contributed by atoms with E-state index in [0.29, 0.717) is 0 Å². The van der Waals surface area contributed by atoms with Gasteiger partial charge in [-0.3, -0.25) is 4.79 Å². The molecule has 15 heavy (non-hydrogen) atoms. The maximum Gasteiger partial charge on any atom is 0.247 e. The van der Waals surface area contributed by atoms with Crippen molar-refractivity contribution in [2.75, 3.05) is 5.32 Å². The van der Waals surface area contributed by atoms with Crippen LogP contribution in [0.4, 0.5) is 5.69 Å². The first-order valence-corrected chi connectivity index (χ1v) is 5.28. The molecule has 80 valence electrons. The SMILES string of the molecule is C=CC(=O)Nc1ccc(CCCC)cc1. The van der Waals surface area contributed by atoms with Crippen molar-refractivity contribution in [2.24, 2.45) is 0 Å². The van der Waals surface area contributed by atoms with Gasteiger partial charge < -0.3 is 5.32 Å². The lowest BCUT2D eigenvalue weighted by atomic mass is 10.1. The van der Waals surface area contributed by atoms with Crippen LogP contribution in [0.3, 0.4) is 0 Å². The Morgan fingerprint density at radius 1 is 1.40 bits per heavy atom. The Morgan fingerprint density at radius 2 is 2.07 bits per heavy atom. The van der Waals surface area contributed by atoms with Crippen LogP contribution >= 0.6 is 0 Å². The minimum atomic E-state index is -0.170. The molecule has 0 unspecified atom stereocenters. The summed E-state index contributed by atoms with van der Waals surface area (Å²) in [6, 6.07) is 7.95. The summed E-state index contributed by atoms with van der Waals surface area (Å²) in [4.78, 5) is 11.0. The summed E-state index contributed by atoms with van der Waals surface area (Å²) < 4.78 is 0. The van der Waals surface area contributed by atoms with Crippen molar-refractivity contribution in [2.45, 2.75) is 26.2 Å². The summed E-state index contributed by atoms with van der Waals surface area (Å²) in [6.07, 6.45) is 4.78. The molecule has 1 rings (SSSR count). The fourth-order valence-corrected chi connectivity index (χ4v) is 1.33. The van der Waals surface area contributed by atoms with E-state index in [-0.39, 0.29) is 5.91 Å². The minimum absolute atomic E-state index is 0.170. The monoisotopic (exact) mass is 203 g/mol. The third kappa shape index (κ3) is 3.98. The third-order valence-electron chi connectivity index (χ3n) is 2.23. The number of anilines is 1. The maximum atomic E-state index is 11.0. The van der Waals surface area contributed by atoms with E-state index < -0.39 is 0 Å². The molecule has 2 nitrogen and oxygen atoms in total. The lowest BCUT2D eigenvalue weighted by Crippen LogP contribution is -2.06. The average Bonchev–Trinajstić information content (AvgIpc) is 2.28.